The minimum atomic E-state index is -2.80. The second-order valence-electron chi connectivity index (χ2n) is 6.06. The average molecular weight is 340 g/mol. The molecule has 0 N–H and O–H groups in total. The SMILES string of the molecule is COC(=O)C[C@@H]1C=C[C@H](P(=O)(c2ccccc2)c2ccccc2)C1. The van der Waals surface area contributed by atoms with E-state index in [1.54, 1.807) is 0 Å². The lowest BCUT2D eigenvalue weighted by Gasteiger charge is -2.25. The lowest BCUT2D eigenvalue weighted by Crippen LogP contribution is -2.24. The molecule has 0 heterocycles. The van der Waals surface area contributed by atoms with Gasteiger partial charge in [-0.25, -0.2) is 0 Å². The van der Waals surface area contributed by atoms with Crippen molar-refractivity contribution in [3.63, 3.8) is 0 Å². The number of carbonyl (C=O) groups is 1. The van der Waals surface area contributed by atoms with Crippen LogP contribution in [0.1, 0.15) is 12.8 Å². The normalized spacial score (nSPS) is 20.0. The smallest absolute Gasteiger partial charge is 0.306 e. The highest BCUT2D eigenvalue weighted by molar-refractivity contribution is 7.79. The van der Waals surface area contributed by atoms with Gasteiger partial charge in [0.1, 0.15) is 7.14 Å². The van der Waals surface area contributed by atoms with Gasteiger partial charge in [0, 0.05) is 16.3 Å². The molecule has 0 fully saturated rings. The lowest BCUT2D eigenvalue weighted by atomic mass is 10.1. The van der Waals surface area contributed by atoms with E-state index < -0.39 is 7.14 Å². The van der Waals surface area contributed by atoms with Crippen LogP contribution in [-0.2, 0) is 14.1 Å². The van der Waals surface area contributed by atoms with E-state index in [0.717, 1.165) is 10.6 Å². The molecule has 4 heteroatoms. The summed E-state index contributed by atoms with van der Waals surface area (Å²) in [6, 6.07) is 19.3. The third kappa shape index (κ3) is 3.22. The summed E-state index contributed by atoms with van der Waals surface area (Å²) in [6.45, 7) is 0. The second kappa shape index (κ2) is 7.19. The van der Waals surface area contributed by atoms with E-state index in [-0.39, 0.29) is 17.5 Å². The van der Waals surface area contributed by atoms with Crippen molar-refractivity contribution in [2.45, 2.75) is 18.5 Å². The van der Waals surface area contributed by atoms with Crippen LogP contribution in [0.4, 0.5) is 0 Å². The van der Waals surface area contributed by atoms with Crippen LogP contribution in [0.5, 0.6) is 0 Å². The van der Waals surface area contributed by atoms with Crippen molar-refractivity contribution in [3.8, 4) is 0 Å². The Morgan fingerprint density at radius 3 is 2.04 bits per heavy atom. The van der Waals surface area contributed by atoms with Gasteiger partial charge in [-0.2, -0.15) is 0 Å². The summed E-state index contributed by atoms with van der Waals surface area (Å²) in [7, 11) is -1.40. The summed E-state index contributed by atoms with van der Waals surface area (Å²) in [5, 5.41) is 1.73. The highest BCUT2D eigenvalue weighted by Gasteiger charge is 2.38. The first kappa shape index (κ1) is 16.7. The van der Waals surface area contributed by atoms with E-state index in [9.17, 15) is 9.36 Å². The number of ether oxygens (including phenoxy) is 1. The highest BCUT2D eigenvalue weighted by atomic mass is 31.2. The Morgan fingerprint density at radius 1 is 1.00 bits per heavy atom. The van der Waals surface area contributed by atoms with Crippen molar-refractivity contribution in [2.24, 2.45) is 5.92 Å². The van der Waals surface area contributed by atoms with Crippen LogP contribution in [0.2, 0.25) is 0 Å². The first-order valence-electron chi connectivity index (χ1n) is 8.10. The highest BCUT2D eigenvalue weighted by Crippen LogP contribution is 2.53. The van der Waals surface area contributed by atoms with Gasteiger partial charge in [-0.05, 0) is 12.3 Å². The number of benzene rings is 2. The number of esters is 1. The predicted octanol–water partition coefficient (Wildman–Crippen LogP) is 3.51. The quantitative estimate of drug-likeness (QED) is 0.475. The van der Waals surface area contributed by atoms with E-state index in [1.165, 1.54) is 7.11 Å². The molecule has 0 spiro atoms. The van der Waals surface area contributed by atoms with Gasteiger partial charge in [-0.1, -0.05) is 72.8 Å². The van der Waals surface area contributed by atoms with E-state index in [0.29, 0.717) is 12.8 Å². The van der Waals surface area contributed by atoms with Crippen LogP contribution in [0, 0.1) is 5.92 Å². The maximum Gasteiger partial charge on any atom is 0.306 e. The maximum absolute atomic E-state index is 14.2. The van der Waals surface area contributed by atoms with Crippen molar-refractivity contribution in [1.29, 1.82) is 0 Å². The topological polar surface area (TPSA) is 43.4 Å². The molecular formula is C20H21O3P. The fourth-order valence-electron chi connectivity index (χ4n) is 3.30. The molecule has 2 atom stereocenters. The molecule has 24 heavy (non-hydrogen) atoms. The summed E-state index contributed by atoms with van der Waals surface area (Å²) in [5.41, 5.74) is -0.0862. The Morgan fingerprint density at radius 2 is 1.54 bits per heavy atom. The molecule has 0 saturated carbocycles. The molecule has 0 saturated heterocycles. The number of methoxy groups -OCH3 is 1. The summed E-state index contributed by atoms with van der Waals surface area (Å²) in [4.78, 5) is 11.5. The third-order valence-electron chi connectivity index (χ3n) is 4.55. The van der Waals surface area contributed by atoms with E-state index >= 15 is 0 Å². The molecular weight excluding hydrogens is 319 g/mol. The van der Waals surface area contributed by atoms with Gasteiger partial charge >= 0.3 is 5.97 Å². The molecule has 0 amide bonds. The zero-order chi connectivity index (χ0) is 17.0. The Kier molecular flexibility index (Phi) is 5.01. The molecule has 1 aliphatic rings. The minimum Gasteiger partial charge on any atom is -0.469 e. The van der Waals surface area contributed by atoms with Crippen LogP contribution >= 0.6 is 7.14 Å². The molecule has 2 aromatic carbocycles. The zero-order valence-corrected chi connectivity index (χ0v) is 14.6. The third-order valence-corrected chi connectivity index (χ3v) is 8.00. The lowest BCUT2D eigenvalue weighted by molar-refractivity contribution is -0.141. The molecule has 0 aromatic heterocycles. The van der Waals surface area contributed by atoms with Gasteiger partial charge in [-0.15, -0.1) is 0 Å². The summed E-state index contributed by atoms with van der Waals surface area (Å²) >= 11 is 0. The summed E-state index contributed by atoms with van der Waals surface area (Å²) in [6.07, 6.45) is 5.08. The van der Waals surface area contributed by atoms with Crippen molar-refractivity contribution in [1.82, 2.24) is 0 Å². The molecule has 3 nitrogen and oxygen atoms in total. The molecule has 2 aromatic rings. The van der Waals surface area contributed by atoms with Crippen molar-refractivity contribution in [3.05, 3.63) is 72.8 Å². The van der Waals surface area contributed by atoms with E-state index in [2.05, 4.69) is 0 Å². The van der Waals surface area contributed by atoms with Gasteiger partial charge in [0.25, 0.3) is 0 Å². The Balaban J connectivity index is 1.95. The molecule has 124 valence electrons. The monoisotopic (exact) mass is 340 g/mol. The molecule has 0 bridgehead atoms. The number of hydrogen-bond donors (Lipinski definition) is 0. The van der Waals surface area contributed by atoms with Crippen LogP contribution in [-0.4, -0.2) is 18.7 Å². The van der Waals surface area contributed by atoms with Crippen LogP contribution < -0.4 is 10.6 Å². The first-order valence-corrected chi connectivity index (χ1v) is 9.88. The van der Waals surface area contributed by atoms with Crippen LogP contribution in [0.15, 0.2) is 72.8 Å². The largest absolute Gasteiger partial charge is 0.469 e. The number of carbonyl (C=O) groups excluding carboxylic acids is 1. The van der Waals surface area contributed by atoms with Crippen molar-refractivity contribution < 1.29 is 14.1 Å². The van der Waals surface area contributed by atoms with Crippen molar-refractivity contribution >= 4 is 23.7 Å². The molecule has 0 unspecified atom stereocenters. The van der Waals surface area contributed by atoms with E-state index in [1.807, 2.05) is 72.8 Å². The number of rotatable bonds is 5. The van der Waals surface area contributed by atoms with Crippen molar-refractivity contribution in [2.75, 3.05) is 7.11 Å². The predicted molar refractivity (Wildman–Crippen MR) is 97.4 cm³/mol. The van der Waals surface area contributed by atoms with Gasteiger partial charge < -0.3 is 9.30 Å². The van der Waals surface area contributed by atoms with Gasteiger partial charge in [0.15, 0.2) is 0 Å². The van der Waals surface area contributed by atoms with Crippen LogP contribution in [0.3, 0.4) is 0 Å². The Labute approximate surface area is 142 Å². The molecule has 3 rings (SSSR count). The average Bonchev–Trinajstić information content (AvgIpc) is 3.11. The molecule has 0 radical (unpaired) electrons. The fraction of sp³-hybridized carbons (Fsp3) is 0.250. The maximum atomic E-state index is 14.2. The van der Waals surface area contributed by atoms with Gasteiger partial charge in [0.2, 0.25) is 0 Å². The summed E-state index contributed by atoms with van der Waals surface area (Å²) < 4.78 is 18.9. The zero-order valence-electron chi connectivity index (χ0n) is 13.7. The van der Waals surface area contributed by atoms with Crippen LogP contribution in [0.25, 0.3) is 0 Å². The molecule has 1 aliphatic carbocycles. The number of allylic oxidation sites excluding steroid dienone is 2. The fourth-order valence-corrected chi connectivity index (χ4v) is 6.51. The second-order valence-corrected chi connectivity index (χ2v) is 9.07. The minimum absolute atomic E-state index is 0.0862. The number of hydrogen-bond acceptors (Lipinski definition) is 3. The van der Waals surface area contributed by atoms with E-state index in [4.69, 9.17) is 4.74 Å². The summed E-state index contributed by atoms with van der Waals surface area (Å²) in [5.74, 6) is -0.136. The Bertz CT molecular complexity index is 724. The standard InChI is InChI=1S/C20H21O3P/c1-23-20(21)15-16-12-13-19(14-16)24(22,17-8-4-2-5-9-17)18-10-6-3-7-11-18/h2-13,16,19H,14-15H2,1H3/t16-,19+/m1/s1. The van der Waals surface area contributed by atoms with Gasteiger partial charge in [-0.3, -0.25) is 4.79 Å². The Hall–Kier alpha value is -2.12. The first-order chi connectivity index (χ1) is 11.6. The van der Waals surface area contributed by atoms with Gasteiger partial charge in [0.05, 0.1) is 13.5 Å². The molecule has 0 aliphatic heterocycles.